The number of thiol groups is 1. The number of carbonyl (C=O) groups excluding carboxylic acids is 1. The number of esters is 1. The summed E-state index contributed by atoms with van der Waals surface area (Å²) >= 11 is 4.58. The van der Waals surface area contributed by atoms with Crippen molar-refractivity contribution in [3.05, 3.63) is 108 Å². The predicted molar refractivity (Wildman–Crippen MR) is 140 cm³/mol. The highest BCUT2D eigenvalue weighted by Gasteiger charge is 2.70. The minimum Gasteiger partial charge on any atom is -0.463 e. The van der Waals surface area contributed by atoms with Crippen LogP contribution in [0.1, 0.15) is 23.6 Å². The van der Waals surface area contributed by atoms with Gasteiger partial charge < -0.3 is 24.8 Å². The second-order valence-electron chi connectivity index (χ2n) is 9.48. The molecule has 0 spiro atoms. The van der Waals surface area contributed by atoms with Crippen molar-refractivity contribution in [3.63, 3.8) is 0 Å². The maximum Gasteiger partial charge on any atom is 0.302 e. The van der Waals surface area contributed by atoms with E-state index in [9.17, 15) is 20.1 Å². The van der Waals surface area contributed by atoms with E-state index in [1.54, 1.807) is 0 Å². The van der Waals surface area contributed by atoms with Crippen molar-refractivity contribution in [2.45, 2.75) is 54.5 Å². The molecule has 1 unspecified atom stereocenters. The number of benzene rings is 3. The largest absolute Gasteiger partial charge is 0.463 e. The number of hydrogen-bond acceptors (Lipinski definition) is 7. The third-order valence-corrected chi connectivity index (χ3v) is 7.59. The zero-order valence-corrected chi connectivity index (χ0v) is 21.1. The smallest absolute Gasteiger partial charge is 0.302 e. The van der Waals surface area contributed by atoms with Crippen LogP contribution in [0.25, 0.3) is 0 Å². The fourth-order valence-electron chi connectivity index (χ4n) is 5.10. The van der Waals surface area contributed by atoms with Gasteiger partial charge in [0.25, 0.3) is 0 Å². The molecule has 1 aliphatic heterocycles. The van der Waals surface area contributed by atoms with Gasteiger partial charge in [-0.2, -0.15) is 0 Å². The second kappa shape index (κ2) is 10.7. The van der Waals surface area contributed by atoms with E-state index < -0.39 is 34.3 Å². The molecule has 4 rings (SSSR count). The van der Waals surface area contributed by atoms with E-state index in [1.807, 2.05) is 91.0 Å². The molecular weight excluding hydrogens is 476 g/mol. The summed E-state index contributed by atoms with van der Waals surface area (Å²) in [7, 11) is 0. The molecular formula is C29H32O6S. The molecule has 3 N–H and O–H groups in total. The fraction of sp³-hybridized carbons (Fsp3) is 0.345. The molecule has 3 aromatic carbocycles. The standard InChI is InChI=1S/C29H32O6S/c1-21(30)34-20-25-27(31,17-22-11-5-2-6-12-22)29(33,19-24-15-9-4-10-16-24)28(32,26(36)35-25)18-23-13-7-3-8-14-23/h2-16,25-26,31-33,36H,17-20H2,1H3/t25-,26?,27-,28+,29+/m1/s1. The number of hydrogen-bond donors (Lipinski definition) is 4. The van der Waals surface area contributed by atoms with Gasteiger partial charge in [-0.1, -0.05) is 91.0 Å². The van der Waals surface area contributed by atoms with Crippen molar-refractivity contribution in [3.8, 4) is 0 Å². The quantitative estimate of drug-likeness (QED) is 0.276. The van der Waals surface area contributed by atoms with Gasteiger partial charge in [0.15, 0.2) is 0 Å². The van der Waals surface area contributed by atoms with Gasteiger partial charge in [0.1, 0.15) is 34.9 Å². The molecule has 0 aromatic heterocycles. The summed E-state index contributed by atoms with van der Waals surface area (Å²) in [4.78, 5) is 11.7. The second-order valence-corrected chi connectivity index (χ2v) is 9.94. The van der Waals surface area contributed by atoms with E-state index in [0.717, 1.165) is 11.1 Å². The van der Waals surface area contributed by atoms with Crippen LogP contribution in [0.3, 0.4) is 0 Å². The first-order valence-corrected chi connectivity index (χ1v) is 12.5. The summed E-state index contributed by atoms with van der Waals surface area (Å²) in [5.74, 6) is -0.548. The monoisotopic (exact) mass is 508 g/mol. The van der Waals surface area contributed by atoms with E-state index in [-0.39, 0.29) is 25.9 Å². The minimum absolute atomic E-state index is 0.0251. The van der Waals surface area contributed by atoms with E-state index in [2.05, 4.69) is 12.6 Å². The highest BCUT2D eigenvalue weighted by atomic mass is 32.1. The Balaban J connectivity index is 1.87. The van der Waals surface area contributed by atoms with Crippen LogP contribution in [0.2, 0.25) is 0 Å². The predicted octanol–water partition coefficient (Wildman–Crippen LogP) is 3.13. The molecule has 1 heterocycles. The van der Waals surface area contributed by atoms with Crippen molar-refractivity contribution in [2.75, 3.05) is 6.61 Å². The molecule has 0 aliphatic carbocycles. The van der Waals surface area contributed by atoms with Gasteiger partial charge in [0.2, 0.25) is 0 Å². The Morgan fingerprint density at radius 3 is 1.64 bits per heavy atom. The van der Waals surface area contributed by atoms with Gasteiger partial charge in [-0.15, -0.1) is 12.6 Å². The fourth-order valence-corrected chi connectivity index (χ4v) is 5.55. The van der Waals surface area contributed by atoms with Gasteiger partial charge in [0, 0.05) is 26.2 Å². The summed E-state index contributed by atoms with van der Waals surface area (Å²) in [6, 6.07) is 27.6. The van der Waals surface area contributed by atoms with Crippen LogP contribution in [0.5, 0.6) is 0 Å². The van der Waals surface area contributed by atoms with E-state index in [1.165, 1.54) is 6.92 Å². The third-order valence-electron chi connectivity index (χ3n) is 7.04. The zero-order valence-electron chi connectivity index (χ0n) is 20.2. The van der Waals surface area contributed by atoms with Crippen molar-refractivity contribution in [1.82, 2.24) is 0 Å². The Bertz CT molecular complexity index is 1140. The first-order chi connectivity index (χ1) is 17.2. The van der Waals surface area contributed by atoms with E-state index >= 15 is 0 Å². The third kappa shape index (κ3) is 5.08. The Morgan fingerprint density at radius 1 is 0.778 bits per heavy atom. The van der Waals surface area contributed by atoms with E-state index in [0.29, 0.717) is 5.56 Å². The highest BCUT2D eigenvalue weighted by Crippen LogP contribution is 2.50. The molecule has 0 saturated carbocycles. The maximum absolute atomic E-state index is 12.6. The molecule has 1 saturated heterocycles. The molecule has 1 aliphatic rings. The van der Waals surface area contributed by atoms with E-state index in [4.69, 9.17) is 9.47 Å². The molecule has 5 atom stereocenters. The van der Waals surface area contributed by atoms with Crippen molar-refractivity contribution in [2.24, 2.45) is 0 Å². The van der Waals surface area contributed by atoms with Crippen LogP contribution < -0.4 is 0 Å². The lowest BCUT2D eigenvalue weighted by molar-refractivity contribution is -0.342. The molecule has 0 amide bonds. The number of ether oxygens (including phenoxy) is 2. The summed E-state index contributed by atoms with van der Waals surface area (Å²) in [5, 5.41) is 37.3. The molecule has 3 aromatic rings. The van der Waals surface area contributed by atoms with Gasteiger partial charge in [-0.25, -0.2) is 0 Å². The Morgan fingerprint density at radius 2 is 1.19 bits per heavy atom. The molecule has 36 heavy (non-hydrogen) atoms. The van der Waals surface area contributed by atoms with Gasteiger partial charge in [0.05, 0.1) is 0 Å². The van der Waals surface area contributed by atoms with Crippen molar-refractivity contribution < 1.29 is 29.6 Å². The lowest BCUT2D eigenvalue weighted by Crippen LogP contribution is -2.81. The summed E-state index contributed by atoms with van der Waals surface area (Å²) in [6.45, 7) is 0.952. The number of aliphatic hydroxyl groups is 3. The molecule has 0 bridgehead atoms. The molecule has 1 fully saturated rings. The lowest BCUT2D eigenvalue weighted by Gasteiger charge is -2.60. The number of carbonyl (C=O) groups is 1. The van der Waals surface area contributed by atoms with Crippen molar-refractivity contribution >= 4 is 18.6 Å². The molecule has 7 heteroatoms. The highest BCUT2D eigenvalue weighted by molar-refractivity contribution is 7.80. The Labute approximate surface area is 216 Å². The summed E-state index contributed by atoms with van der Waals surface area (Å²) in [5.41, 5.74) is -5.22. The van der Waals surface area contributed by atoms with Crippen LogP contribution in [-0.2, 0) is 33.5 Å². The van der Waals surface area contributed by atoms with Crippen LogP contribution in [0.4, 0.5) is 0 Å². The van der Waals surface area contributed by atoms with Crippen LogP contribution >= 0.6 is 12.6 Å². The lowest BCUT2D eigenvalue weighted by atomic mass is 9.60. The Hall–Kier alpha value is -2.68. The van der Waals surface area contributed by atoms with Crippen molar-refractivity contribution in [1.29, 1.82) is 0 Å². The molecule has 6 nitrogen and oxygen atoms in total. The Kier molecular flexibility index (Phi) is 7.87. The zero-order chi connectivity index (χ0) is 25.8. The van der Waals surface area contributed by atoms with Crippen LogP contribution in [-0.4, -0.2) is 56.2 Å². The summed E-state index contributed by atoms with van der Waals surface area (Å²) in [6.07, 6.45) is -1.32. The first-order valence-electron chi connectivity index (χ1n) is 11.9. The number of rotatable bonds is 8. The molecule has 0 radical (unpaired) electrons. The SMILES string of the molecule is CC(=O)OC[C@H]1OC(S)[C@@](O)(Cc2ccccc2)[C@](O)(Cc2ccccc2)[C@@]1(O)Cc1ccccc1. The molecule has 190 valence electrons. The maximum atomic E-state index is 12.6. The first kappa shape index (κ1) is 26.4. The van der Waals surface area contributed by atoms with Gasteiger partial charge in [-0.05, 0) is 16.7 Å². The minimum atomic E-state index is -2.15. The van der Waals surface area contributed by atoms with Gasteiger partial charge >= 0.3 is 5.97 Å². The van der Waals surface area contributed by atoms with Crippen LogP contribution in [0, 0.1) is 0 Å². The summed E-state index contributed by atoms with van der Waals surface area (Å²) < 4.78 is 11.3. The topological polar surface area (TPSA) is 96.2 Å². The van der Waals surface area contributed by atoms with Gasteiger partial charge in [-0.3, -0.25) is 4.79 Å². The normalized spacial score (nSPS) is 30.0. The average Bonchev–Trinajstić information content (AvgIpc) is 2.87. The average molecular weight is 509 g/mol. The van der Waals surface area contributed by atoms with Crippen LogP contribution in [0.15, 0.2) is 91.0 Å².